The average molecular weight is 280 g/mol. The molecule has 0 aromatic carbocycles. The maximum atomic E-state index is 11.7. The number of carbonyl (C=O) groups is 1. The molecule has 110 valence electrons. The van der Waals surface area contributed by atoms with Gasteiger partial charge in [0, 0.05) is 20.1 Å². The standard InChI is InChI=1S/C12H20N6O2/c1-3-20-12-16-10(13)15-11(17-12)18-6-4-5-8(7-18)9(19)14-2/h8H,3-7H2,1-2H3,(H,14,19)(H2,13,15,16,17). The van der Waals surface area contributed by atoms with Crippen LogP contribution in [0.1, 0.15) is 19.8 Å². The summed E-state index contributed by atoms with van der Waals surface area (Å²) in [6.45, 7) is 3.68. The Bertz CT molecular complexity index is 481. The van der Waals surface area contributed by atoms with Gasteiger partial charge in [-0.15, -0.1) is 0 Å². The molecular weight excluding hydrogens is 260 g/mol. The van der Waals surface area contributed by atoms with E-state index >= 15 is 0 Å². The summed E-state index contributed by atoms with van der Waals surface area (Å²) >= 11 is 0. The summed E-state index contributed by atoms with van der Waals surface area (Å²) in [6.07, 6.45) is 1.78. The fraction of sp³-hybridized carbons (Fsp3) is 0.667. The number of nitrogens with zero attached hydrogens (tertiary/aromatic N) is 4. The molecule has 2 heterocycles. The predicted molar refractivity (Wildman–Crippen MR) is 74.4 cm³/mol. The maximum Gasteiger partial charge on any atom is 0.323 e. The molecular formula is C12H20N6O2. The third-order valence-electron chi connectivity index (χ3n) is 3.22. The molecule has 1 atom stereocenters. The molecule has 8 heteroatoms. The Morgan fingerprint density at radius 2 is 2.30 bits per heavy atom. The first-order valence-corrected chi connectivity index (χ1v) is 6.75. The van der Waals surface area contributed by atoms with Crippen molar-refractivity contribution in [2.24, 2.45) is 5.92 Å². The molecule has 8 nitrogen and oxygen atoms in total. The lowest BCUT2D eigenvalue weighted by atomic mass is 9.97. The normalized spacial score (nSPS) is 18.7. The molecule has 0 bridgehead atoms. The first-order valence-electron chi connectivity index (χ1n) is 6.75. The Kier molecular flexibility index (Phi) is 4.54. The summed E-state index contributed by atoms with van der Waals surface area (Å²) in [6, 6.07) is 0.220. The molecule has 3 N–H and O–H groups in total. The van der Waals surface area contributed by atoms with Crippen molar-refractivity contribution in [2.45, 2.75) is 19.8 Å². The zero-order valence-corrected chi connectivity index (χ0v) is 11.8. The van der Waals surface area contributed by atoms with Gasteiger partial charge < -0.3 is 20.7 Å². The molecule has 1 amide bonds. The summed E-state index contributed by atoms with van der Waals surface area (Å²) in [5.74, 6) is 0.583. The highest BCUT2D eigenvalue weighted by Crippen LogP contribution is 2.22. The number of nitrogens with one attached hydrogen (secondary N) is 1. The van der Waals surface area contributed by atoms with Gasteiger partial charge in [0.05, 0.1) is 12.5 Å². The molecule has 1 aliphatic heterocycles. The smallest absolute Gasteiger partial charge is 0.323 e. The van der Waals surface area contributed by atoms with E-state index in [9.17, 15) is 4.79 Å². The van der Waals surface area contributed by atoms with Gasteiger partial charge in [0.25, 0.3) is 0 Å². The Balaban J connectivity index is 2.15. The third kappa shape index (κ3) is 3.25. The SMILES string of the molecule is CCOc1nc(N)nc(N2CCCC(C(=O)NC)C2)n1. The van der Waals surface area contributed by atoms with Crippen molar-refractivity contribution in [3.8, 4) is 6.01 Å². The second kappa shape index (κ2) is 6.36. The van der Waals surface area contributed by atoms with Crippen molar-refractivity contribution >= 4 is 17.8 Å². The Morgan fingerprint density at radius 3 is 3.00 bits per heavy atom. The zero-order valence-electron chi connectivity index (χ0n) is 11.8. The largest absolute Gasteiger partial charge is 0.464 e. The van der Waals surface area contributed by atoms with Crippen LogP contribution in [0.4, 0.5) is 11.9 Å². The van der Waals surface area contributed by atoms with Gasteiger partial charge in [-0.05, 0) is 19.8 Å². The predicted octanol–water partition coefficient (Wildman–Crippen LogP) is -0.185. The number of anilines is 2. The monoisotopic (exact) mass is 280 g/mol. The molecule has 0 aliphatic carbocycles. The Hall–Kier alpha value is -2.12. The van der Waals surface area contributed by atoms with Gasteiger partial charge in [-0.1, -0.05) is 0 Å². The lowest BCUT2D eigenvalue weighted by molar-refractivity contribution is -0.124. The minimum absolute atomic E-state index is 0.0433. The molecule has 0 saturated carbocycles. The molecule has 1 aromatic heterocycles. The number of hydrogen-bond donors (Lipinski definition) is 2. The van der Waals surface area contributed by atoms with Crippen LogP contribution in [0.25, 0.3) is 0 Å². The number of ether oxygens (including phenoxy) is 1. The van der Waals surface area contributed by atoms with Gasteiger partial charge in [0.1, 0.15) is 0 Å². The van der Waals surface area contributed by atoms with E-state index in [-0.39, 0.29) is 23.8 Å². The third-order valence-corrected chi connectivity index (χ3v) is 3.22. The van der Waals surface area contributed by atoms with E-state index in [2.05, 4.69) is 20.3 Å². The van der Waals surface area contributed by atoms with E-state index in [0.29, 0.717) is 19.1 Å². The fourth-order valence-corrected chi connectivity index (χ4v) is 2.27. The van der Waals surface area contributed by atoms with Gasteiger partial charge in [0.2, 0.25) is 17.8 Å². The van der Waals surface area contributed by atoms with E-state index < -0.39 is 0 Å². The van der Waals surface area contributed by atoms with Crippen LogP contribution in [-0.4, -0.2) is 47.6 Å². The van der Waals surface area contributed by atoms with Crippen LogP contribution in [0.3, 0.4) is 0 Å². The van der Waals surface area contributed by atoms with Crippen molar-refractivity contribution < 1.29 is 9.53 Å². The zero-order chi connectivity index (χ0) is 14.5. The first-order chi connectivity index (χ1) is 9.63. The molecule has 1 saturated heterocycles. The topological polar surface area (TPSA) is 106 Å². The lowest BCUT2D eigenvalue weighted by Crippen LogP contribution is -2.43. The van der Waals surface area contributed by atoms with Gasteiger partial charge in [0.15, 0.2) is 0 Å². The summed E-state index contributed by atoms with van der Waals surface area (Å²) in [5, 5.41) is 2.68. The van der Waals surface area contributed by atoms with Crippen molar-refractivity contribution in [3.63, 3.8) is 0 Å². The molecule has 0 radical (unpaired) electrons. The molecule has 1 aliphatic rings. The lowest BCUT2D eigenvalue weighted by Gasteiger charge is -2.31. The van der Waals surface area contributed by atoms with E-state index in [1.165, 1.54) is 0 Å². The van der Waals surface area contributed by atoms with E-state index in [4.69, 9.17) is 10.5 Å². The average Bonchev–Trinajstić information content (AvgIpc) is 2.46. The molecule has 1 aromatic rings. The number of piperidine rings is 1. The van der Waals surface area contributed by atoms with Gasteiger partial charge in [-0.2, -0.15) is 15.0 Å². The number of nitrogen functional groups attached to an aromatic ring is 1. The molecule has 2 rings (SSSR count). The van der Waals surface area contributed by atoms with Gasteiger partial charge >= 0.3 is 6.01 Å². The molecule has 20 heavy (non-hydrogen) atoms. The number of hydrogen-bond acceptors (Lipinski definition) is 7. The van der Waals surface area contributed by atoms with Crippen molar-refractivity contribution in [3.05, 3.63) is 0 Å². The number of rotatable bonds is 4. The van der Waals surface area contributed by atoms with Crippen LogP contribution < -0.4 is 20.7 Å². The summed E-state index contributed by atoms with van der Waals surface area (Å²) < 4.78 is 5.27. The quantitative estimate of drug-likeness (QED) is 0.787. The van der Waals surface area contributed by atoms with Crippen molar-refractivity contribution in [1.82, 2.24) is 20.3 Å². The van der Waals surface area contributed by atoms with Crippen LogP contribution in [-0.2, 0) is 4.79 Å². The first kappa shape index (κ1) is 14.3. The van der Waals surface area contributed by atoms with Crippen LogP contribution >= 0.6 is 0 Å². The number of nitrogens with two attached hydrogens (primary N) is 1. The molecule has 0 spiro atoms. The summed E-state index contributed by atoms with van der Waals surface area (Å²) in [4.78, 5) is 26.0. The Labute approximate surface area is 117 Å². The molecule has 1 unspecified atom stereocenters. The highest BCUT2D eigenvalue weighted by atomic mass is 16.5. The second-order valence-corrected chi connectivity index (χ2v) is 4.61. The van der Waals surface area contributed by atoms with Gasteiger partial charge in [-0.25, -0.2) is 0 Å². The fourth-order valence-electron chi connectivity index (χ4n) is 2.27. The number of carbonyl (C=O) groups excluding carboxylic acids is 1. The van der Waals surface area contributed by atoms with Crippen LogP contribution in [0, 0.1) is 5.92 Å². The second-order valence-electron chi connectivity index (χ2n) is 4.61. The minimum Gasteiger partial charge on any atom is -0.464 e. The van der Waals surface area contributed by atoms with Crippen molar-refractivity contribution in [1.29, 1.82) is 0 Å². The summed E-state index contributed by atoms with van der Waals surface area (Å²) in [5.41, 5.74) is 5.67. The summed E-state index contributed by atoms with van der Waals surface area (Å²) in [7, 11) is 1.65. The molecule has 1 fully saturated rings. The van der Waals surface area contributed by atoms with E-state index in [1.807, 2.05) is 11.8 Å². The highest BCUT2D eigenvalue weighted by molar-refractivity contribution is 5.79. The van der Waals surface area contributed by atoms with E-state index in [1.54, 1.807) is 7.05 Å². The van der Waals surface area contributed by atoms with Crippen LogP contribution in [0.15, 0.2) is 0 Å². The number of aromatic nitrogens is 3. The number of amides is 1. The van der Waals surface area contributed by atoms with Crippen LogP contribution in [0.2, 0.25) is 0 Å². The minimum atomic E-state index is -0.0534. The Morgan fingerprint density at radius 1 is 1.50 bits per heavy atom. The van der Waals surface area contributed by atoms with Crippen molar-refractivity contribution in [2.75, 3.05) is 37.4 Å². The highest BCUT2D eigenvalue weighted by Gasteiger charge is 2.27. The van der Waals surface area contributed by atoms with Gasteiger partial charge in [-0.3, -0.25) is 4.79 Å². The van der Waals surface area contributed by atoms with E-state index in [0.717, 1.165) is 19.4 Å². The maximum absolute atomic E-state index is 11.7. The van der Waals surface area contributed by atoms with Crippen LogP contribution in [0.5, 0.6) is 6.01 Å².